The van der Waals surface area contributed by atoms with E-state index >= 15 is 0 Å². The Hall–Kier alpha value is -2.07. The van der Waals surface area contributed by atoms with Crippen LogP contribution in [0, 0.1) is 6.92 Å². The van der Waals surface area contributed by atoms with Gasteiger partial charge in [-0.05, 0) is 33.8 Å². The number of anilines is 1. The van der Waals surface area contributed by atoms with E-state index in [1.54, 1.807) is 6.92 Å². The summed E-state index contributed by atoms with van der Waals surface area (Å²) >= 11 is 0. The second-order valence-electron chi connectivity index (χ2n) is 5.76. The molecular weight excluding hydrogens is 380 g/mol. The van der Waals surface area contributed by atoms with Crippen LogP contribution in [0.5, 0.6) is 5.75 Å². The molecule has 0 fully saturated rings. The summed E-state index contributed by atoms with van der Waals surface area (Å²) in [5.41, 5.74) is 0.935. The maximum Gasteiger partial charge on any atom is 0.238 e. The Kier molecular flexibility index (Phi) is 5.39. The van der Waals surface area contributed by atoms with E-state index in [9.17, 15) is 21.6 Å². The number of aromatic nitrogens is 1. The predicted octanol–water partition coefficient (Wildman–Crippen LogP) is 2.12. The summed E-state index contributed by atoms with van der Waals surface area (Å²) < 4.78 is 57.7. The lowest BCUT2D eigenvalue weighted by Crippen LogP contribution is -2.17. The molecule has 2 aromatic rings. The fourth-order valence-corrected chi connectivity index (χ4v) is 4.69. The molecule has 0 aliphatic carbocycles. The number of ether oxygens (including phenoxy) is 1. The van der Waals surface area contributed by atoms with Crippen LogP contribution in [0.2, 0.25) is 0 Å². The first-order valence-corrected chi connectivity index (χ1v) is 11.2. The first-order chi connectivity index (χ1) is 12.0. The van der Waals surface area contributed by atoms with Crippen molar-refractivity contribution in [3.8, 4) is 5.75 Å². The average Bonchev–Trinajstić information content (AvgIpc) is 2.85. The number of hydrogen-bond donors (Lipinski definition) is 1. The summed E-state index contributed by atoms with van der Waals surface area (Å²) in [6.45, 7) is 5.88. The van der Waals surface area contributed by atoms with Gasteiger partial charge in [0.05, 0.1) is 29.8 Å². The van der Waals surface area contributed by atoms with Crippen molar-refractivity contribution in [2.75, 3.05) is 23.3 Å². The van der Waals surface area contributed by atoms with Crippen molar-refractivity contribution in [1.29, 1.82) is 0 Å². The minimum Gasteiger partial charge on any atom is -0.494 e. The first kappa shape index (κ1) is 20.2. The van der Waals surface area contributed by atoms with Gasteiger partial charge in [0, 0.05) is 22.7 Å². The normalized spacial score (nSPS) is 12.3. The van der Waals surface area contributed by atoms with Gasteiger partial charge in [-0.2, -0.15) is 0 Å². The number of methoxy groups -OCH3 is 1. The molecule has 0 aliphatic rings. The summed E-state index contributed by atoms with van der Waals surface area (Å²) in [5, 5.41) is 0.349. The van der Waals surface area contributed by atoms with Gasteiger partial charge in [-0.3, -0.25) is 9.52 Å². The Morgan fingerprint density at radius 1 is 1.15 bits per heavy atom. The van der Waals surface area contributed by atoms with Gasteiger partial charge in [-0.1, -0.05) is 0 Å². The van der Waals surface area contributed by atoms with Gasteiger partial charge >= 0.3 is 0 Å². The van der Waals surface area contributed by atoms with Crippen LogP contribution >= 0.6 is 0 Å². The fourth-order valence-electron chi connectivity index (χ4n) is 2.83. The number of ketones is 1. The number of nitrogens with one attached hydrogen (secondary N) is 1. The molecule has 0 saturated carbocycles. The van der Waals surface area contributed by atoms with Crippen molar-refractivity contribution in [2.45, 2.75) is 27.7 Å². The quantitative estimate of drug-likeness (QED) is 0.710. The second-order valence-corrected chi connectivity index (χ2v) is 9.87. The number of benzene rings is 1. The zero-order valence-corrected chi connectivity index (χ0v) is 16.9. The topological polar surface area (TPSA) is 112 Å². The highest BCUT2D eigenvalue weighted by Crippen LogP contribution is 2.36. The van der Waals surface area contributed by atoms with E-state index in [2.05, 4.69) is 4.72 Å². The number of carbonyl (C=O) groups excluding carboxylic acids is 1. The van der Waals surface area contributed by atoms with Crippen LogP contribution in [-0.4, -0.2) is 45.2 Å². The van der Waals surface area contributed by atoms with E-state index in [1.807, 2.05) is 0 Å². The van der Waals surface area contributed by atoms with Gasteiger partial charge in [-0.25, -0.2) is 20.8 Å². The molecule has 0 unspecified atom stereocenters. The highest BCUT2D eigenvalue weighted by Gasteiger charge is 2.26. The molecule has 144 valence electrons. The summed E-state index contributed by atoms with van der Waals surface area (Å²) in [4.78, 5) is 12.1. The molecule has 1 aromatic carbocycles. The summed E-state index contributed by atoms with van der Waals surface area (Å²) in [6.07, 6.45) is 0. The third kappa shape index (κ3) is 3.43. The number of rotatable bonds is 7. The highest BCUT2D eigenvalue weighted by molar-refractivity contribution is 7.92. The minimum atomic E-state index is -3.68. The lowest BCUT2D eigenvalue weighted by Gasteiger charge is -2.13. The molecule has 0 aliphatic heterocycles. The van der Waals surface area contributed by atoms with Crippen molar-refractivity contribution >= 4 is 42.4 Å². The van der Waals surface area contributed by atoms with Crippen molar-refractivity contribution in [1.82, 2.24) is 3.97 Å². The first-order valence-electron chi connectivity index (χ1n) is 7.96. The Morgan fingerprint density at radius 2 is 1.77 bits per heavy atom. The van der Waals surface area contributed by atoms with Gasteiger partial charge < -0.3 is 4.74 Å². The SMILES string of the molecule is CCS(=O)(=O)Nc1cc2c(C(C)=O)c(C)n(S(=O)(=O)CC)c2cc1OC. The maximum absolute atomic E-state index is 12.5. The number of hydrogen-bond acceptors (Lipinski definition) is 6. The molecule has 1 N–H and O–H groups in total. The largest absolute Gasteiger partial charge is 0.494 e. The van der Waals surface area contributed by atoms with Crippen LogP contribution in [0.3, 0.4) is 0 Å². The highest BCUT2D eigenvalue weighted by atomic mass is 32.2. The van der Waals surface area contributed by atoms with Crippen LogP contribution in [0.1, 0.15) is 36.8 Å². The summed E-state index contributed by atoms with van der Waals surface area (Å²) in [5.74, 6) is -0.443. The molecule has 1 aromatic heterocycles. The summed E-state index contributed by atoms with van der Waals surface area (Å²) in [7, 11) is -5.91. The van der Waals surface area contributed by atoms with Crippen LogP contribution in [0.4, 0.5) is 5.69 Å². The molecule has 10 heteroatoms. The zero-order chi connectivity index (χ0) is 19.9. The average molecular weight is 402 g/mol. The van der Waals surface area contributed by atoms with E-state index in [1.165, 1.54) is 40.0 Å². The number of Topliss-reactive ketones (excluding diaryl/α,β-unsaturated/α-hetero) is 1. The maximum atomic E-state index is 12.5. The predicted molar refractivity (Wildman–Crippen MR) is 101 cm³/mol. The van der Waals surface area contributed by atoms with Crippen molar-refractivity contribution in [2.24, 2.45) is 0 Å². The van der Waals surface area contributed by atoms with Gasteiger partial charge in [0.15, 0.2) is 5.78 Å². The van der Waals surface area contributed by atoms with Crippen LogP contribution in [0.25, 0.3) is 10.9 Å². The van der Waals surface area contributed by atoms with Gasteiger partial charge in [0.25, 0.3) is 0 Å². The molecule has 26 heavy (non-hydrogen) atoms. The summed E-state index contributed by atoms with van der Waals surface area (Å²) in [6, 6.07) is 2.86. The Balaban J connectivity index is 2.96. The van der Waals surface area contributed by atoms with E-state index in [0.29, 0.717) is 5.39 Å². The van der Waals surface area contributed by atoms with Crippen LogP contribution in [0.15, 0.2) is 12.1 Å². The molecule has 1 heterocycles. The number of nitrogens with zero attached hydrogens (tertiary/aromatic N) is 1. The van der Waals surface area contributed by atoms with Gasteiger partial charge in [0.2, 0.25) is 20.0 Å². The number of fused-ring (bicyclic) bond motifs is 1. The Labute approximate surface area is 153 Å². The number of sulfonamides is 1. The van der Waals surface area contributed by atoms with Crippen molar-refractivity contribution < 1.29 is 26.4 Å². The molecule has 0 amide bonds. The minimum absolute atomic E-state index is 0.141. The molecule has 8 nitrogen and oxygen atoms in total. The van der Waals surface area contributed by atoms with E-state index in [4.69, 9.17) is 4.74 Å². The molecule has 0 bridgehead atoms. The number of carbonyl (C=O) groups is 1. The smallest absolute Gasteiger partial charge is 0.238 e. The third-order valence-corrected chi connectivity index (χ3v) is 7.16. The second kappa shape index (κ2) is 6.92. The molecule has 0 saturated heterocycles. The standard InChI is InChI=1S/C16H22N2O6S2/c1-6-25(20,21)17-13-8-12-14(9-15(13)24-5)18(26(22,23)7-2)10(3)16(12)11(4)19/h8-9,17H,6-7H2,1-5H3. The zero-order valence-electron chi connectivity index (χ0n) is 15.3. The lowest BCUT2D eigenvalue weighted by atomic mass is 10.1. The molecule has 0 atom stereocenters. The van der Waals surface area contributed by atoms with E-state index in [0.717, 1.165) is 3.97 Å². The third-order valence-electron chi connectivity index (χ3n) is 4.11. The van der Waals surface area contributed by atoms with E-state index in [-0.39, 0.29) is 45.5 Å². The molecule has 0 spiro atoms. The fraction of sp³-hybridized carbons (Fsp3) is 0.438. The Bertz CT molecular complexity index is 1080. The van der Waals surface area contributed by atoms with Gasteiger partial charge in [0.1, 0.15) is 5.75 Å². The van der Waals surface area contributed by atoms with Crippen molar-refractivity contribution in [3.63, 3.8) is 0 Å². The molecular formula is C16H22N2O6S2. The van der Waals surface area contributed by atoms with Crippen LogP contribution in [-0.2, 0) is 20.0 Å². The Morgan fingerprint density at radius 3 is 2.23 bits per heavy atom. The van der Waals surface area contributed by atoms with Gasteiger partial charge in [-0.15, -0.1) is 0 Å². The van der Waals surface area contributed by atoms with E-state index < -0.39 is 20.0 Å². The monoisotopic (exact) mass is 402 g/mol. The molecule has 2 rings (SSSR count). The molecule has 0 radical (unpaired) electrons. The van der Waals surface area contributed by atoms with Crippen molar-refractivity contribution in [3.05, 3.63) is 23.4 Å². The van der Waals surface area contributed by atoms with Crippen LogP contribution < -0.4 is 9.46 Å². The lowest BCUT2D eigenvalue weighted by molar-refractivity contribution is 0.101.